The van der Waals surface area contributed by atoms with Gasteiger partial charge in [0.15, 0.2) is 0 Å². The maximum atomic E-state index is 11.7. The SMILES string of the molecule is CCOC(=O)N1CCN(c2nccc(NCC3CCCO3)n2)CC1. The molecule has 0 aromatic carbocycles. The molecule has 1 aromatic rings. The van der Waals surface area contributed by atoms with Gasteiger partial charge in [0.1, 0.15) is 5.82 Å². The number of carbonyl (C=O) groups excluding carboxylic acids is 1. The lowest BCUT2D eigenvalue weighted by Gasteiger charge is -2.34. The van der Waals surface area contributed by atoms with E-state index in [0.717, 1.165) is 31.8 Å². The fourth-order valence-electron chi connectivity index (χ4n) is 2.93. The number of nitrogens with one attached hydrogen (secondary N) is 1. The van der Waals surface area contributed by atoms with Gasteiger partial charge in [0.2, 0.25) is 5.95 Å². The van der Waals surface area contributed by atoms with Crippen LogP contribution in [0.4, 0.5) is 16.6 Å². The van der Waals surface area contributed by atoms with Gasteiger partial charge >= 0.3 is 6.09 Å². The molecule has 2 saturated heterocycles. The van der Waals surface area contributed by atoms with E-state index in [1.54, 1.807) is 11.1 Å². The summed E-state index contributed by atoms with van der Waals surface area (Å²) in [4.78, 5) is 24.5. The lowest BCUT2D eigenvalue weighted by atomic mass is 10.2. The molecule has 0 radical (unpaired) electrons. The minimum atomic E-state index is -0.245. The molecule has 1 amide bonds. The minimum absolute atomic E-state index is 0.245. The van der Waals surface area contributed by atoms with Crippen LogP contribution in [0.25, 0.3) is 0 Å². The van der Waals surface area contributed by atoms with Gasteiger partial charge in [-0.3, -0.25) is 0 Å². The monoisotopic (exact) mass is 335 g/mol. The third-order valence-corrected chi connectivity index (χ3v) is 4.27. The predicted octanol–water partition coefficient (Wildman–Crippen LogP) is 1.35. The molecule has 3 rings (SSSR count). The van der Waals surface area contributed by atoms with Crippen LogP contribution in [0.3, 0.4) is 0 Å². The second-order valence-electron chi connectivity index (χ2n) is 5.93. The number of anilines is 2. The Bertz CT molecular complexity index is 542. The molecule has 2 aliphatic rings. The molecule has 0 spiro atoms. The van der Waals surface area contributed by atoms with Crippen molar-refractivity contribution in [2.45, 2.75) is 25.9 Å². The number of carbonyl (C=O) groups is 1. The summed E-state index contributed by atoms with van der Waals surface area (Å²) in [6.07, 6.45) is 4.02. The largest absolute Gasteiger partial charge is 0.450 e. The molecule has 0 saturated carbocycles. The van der Waals surface area contributed by atoms with Crippen LogP contribution in [0.1, 0.15) is 19.8 Å². The van der Waals surface area contributed by atoms with E-state index >= 15 is 0 Å². The Labute approximate surface area is 142 Å². The van der Waals surface area contributed by atoms with E-state index in [-0.39, 0.29) is 12.2 Å². The summed E-state index contributed by atoms with van der Waals surface area (Å²) in [7, 11) is 0. The first-order valence-corrected chi connectivity index (χ1v) is 8.61. The maximum absolute atomic E-state index is 11.7. The third kappa shape index (κ3) is 4.25. The molecule has 2 aliphatic heterocycles. The van der Waals surface area contributed by atoms with Gasteiger partial charge in [0.25, 0.3) is 0 Å². The van der Waals surface area contributed by atoms with Crippen LogP contribution in [-0.4, -0.2) is 73.0 Å². The molecule has 132 valence electrons. The fraction of sp³-hybridized carbons (Fsp3) is 0.688. The average Bonchev–Trinajstić information content (AvgIpc) is 3.14. The zero-order valence-electron chi connectivity index (χ0n) is 14.1. The Morgan fingerprint density at radius 2 is 2.25 bits per heavy atom. The molecule has 3 heterocycles. The van der Waals surface area contributed by atoms with Gasteiger partial charge in [-0.2, -0.15) is 4.98 Å². The molecule has 0 aliphatic carbocycles. The number of amides is 1. The maximum Gasteiger partial charge on any atom is 0.409 e. The lowest BCUT2D eigenvalue weighted by Crippen LogP contribution is -2.49. The molecule has 2 fully saturated rings. The molecule has 1 aromatic heterocycles. The van der Waals surface area contributed by atoms with Crippen molar-refractivity contribution in [3.63, 3.8) is 0 Å². The summed E-state index contributed by atoms with van der Waals surface area (Å²) in [6, 6.07) is 1.87. The van der Waals surface area contributed by atoms with E-state index in [4.69, 9.17) is 9.47 Å². The molecule has 24 heavy (non-hydrogen) atoms. The molecule has 8 heteroatoms. The van der Waals surface area contributed by atoms with Crippen molar-refractivity contribution in [1.82, 2.24) is 14.9 Å². The van der Waals surface area contributed by atoms with Gasteiger partial charge in [-0.05, 0) is 25.8 Å². The van der Waals surface area contributed by atoms with Crippen molar-refractivity contribution >= 4 is 17.9 Å². The normalized spacial score (nSPS) is 21.0. The fourth-order valence-corrected chi connectivity index (χ4v) is 2.93. The summed E-state index contributed by atoms with van der Waals surface area (Å²) in [5, 5.41) is 3.32. The number of hydrogen-bond acceptors (Lipinski definition) is 7. The van der Waals surface area contributed by atoms with Crippen molar-refractivity contribution in [3.05, 3.63) is 12.3 Å². The van der Waals surface area contributed by atoms with Crippen LogP contribution < -0.4 is 10.2 Å². The zero-order valence-corrected chi connectivity index (χ0v) is 14.1. The zero-order chi connectivity index (χ0) is 16.8. The molecular formula is C16H25N5O3. The first-order valence-electron chi connectivity index (χ1n) is 8.61. The first kappa shape index (κ1) is 16.8. The standard InChI is InChI=1S/C16H25N5O3/c1-2-23-16(22)21-9-7-20(8-10-21)15-17-6-5-14(19-15)18-12-13-4-3-11-24-13/h5-6,13H,2-4,7-12H2,1H3,(H,17,18,19). The Morgan fingerprint density at radius 1 is 1.42 bits per heavy atom. The van der Waals surface area contributed by atoms with Crippen LogP contribution in [0.15, 0.2) is 12.3 Å². The lowest BCUT2D eigenvalue weighted by molar-refractivity contribution is 0.105. The highest BCUT2D eigenvalue weighted by atomic mass is 16.6. The second-order valence-corrected chi connectivity index (χ2v) is 5.93. The molecular weight excluding hydrogens is 310 g/mol. The molecule has 8 nitrogen and oxygen atoms in total. The van der Waals surface area contributed by atoms with E-state index in [2.05, 4.69) is 20.2 Å². The van der Waals surface area contributed by atoms with Crippen molar-refractivity contribution in [3.8, 4) is 0 Å². The number of ether oxygens (including phenoxy) is 2. The van der Waals surface area contributed by atoms with Gasteiger partial charge in [-0.1, -0.05) is 0 Å². The van der Waals surface area contributed by atoms with Gasteiger partial charge in [-0.25, -0.2) is 9.78 Å². The van der Waals surface area contributed by atoms with Gasteiger partial charge in [-0.15, -0.1) is 0 Å². The van der Waals surface area contributed by atoms with Gasteiger partial charge in [0.05, 0.1) is 12.7 Å². The molecule has 1 N–H and O–H groups in total. The Kier molecular flexibility index (Phi) is 5.68. The number of piperazine rings is 1. The molecule has 1 unspecified atom stereocenters. The number of hydrogen-bond donors (Lipinski definition) is 1. The topological polar surface area (TPSA) is 79.8 Å². The second kappa shape index (κ2) is 8.14. The van der Waals surface area contributed by atoms with Crippen LogP contribution >= 0.6 is 0 Å². The summed E-state index contributed by atoms with van der Waals surface area (Å²) in [5.41, 5.74) is 0. The van der Waals surface area contributed by atoms with E-state index < -0.39 is 0 Å². The highest BCUT2D eigenvalue weighted by molar-refractivity contribution is 5.68. The highest BCUT2D eigenvalue weighted by Crippen LogP contribution is 2.16. The molecule has 0 bridgehead atoms. The Morgan fingerprint density at radius 3 is 2.96 bits per heavy atom. The minimum Gasteiger partial charge on any atom is -0.450 e. The average molecular weight is 335 g/mol. The van der Waals surface area contributed by atoms with E-state index in [1.165, 1.54) is 0 Å². The van der Waals surface area contributed by atoms with Crippen LogP contribution in [0.2, 0.25) is 0 Å². The first-order chi connectivity index (χ1) is 11.8. The Balaban J connectivity index is 1.52. The smallest absolute Gasteiger partial charge is 0.409 e. The highest BCUT2D eigenvalue weighted by Gasteiger charge is 2.23. The van der Waals surface area contributed by atoms with Gasteiger partial charge < -0.3 is 24.6 Å². The van der Waals surface area contributed by atoms with E-state index in [1.807, 2.05) is 13.0 Å². The van der Waals surface area contributed by atoms with Crippen molar-refractivity contribution < 1.29 is 14.3 Å². The predicted molar refractivity (Wildman–Crippen MR) is 90.3 cm³/mol. The van der Waals surface area contributed by atoms with Crippen molar-refractivity contribution in [2.24, 2.45) is 0 Å². The summed E-state index contributed by atoms with van der Waals surface area (Å²) >= 11 is 0. The summed E-state index contributed by atoms with van der Waals surface area (Å²) in [5.74, 6) is 1.50. The van der Waals surface area contributed by atoms with Crippen LogP contribution in [-0.2, 0) is 9.47 Å². The van der Waals surface area contributed by atoms with Crippen LogP contribution in [0.5, 0.6) is 0 Å². The number of nitrogens with zero attached hydrogens (tertiary/aromatic N) is 4. The van der Waals surface area contributed by atoms with Crippen molar-refractivity contribution in [2.75, 3.05) is 56.2 Å². The number of rotatable bonds is 5. The van der Waals surface area contributed by atoms with Crippen molar-refractivity contribution in [1.29, 1.82) is 0 Å². The van der Waals surface area contributed by atoms with E-state index in [0.29, 0.717) is 38.7 Å². The Hall–Kier alpha value is -2.09. The summed E-state index contributed by atoms with van der Waals surface area (Å²) in [6.45, 7) is 6.49. The van der Waals surface area contributed by atoms with E-state index in [9.17, 15) is 4.79 Å². The molecule has 1 atom stereocenters. The third-order valence-electron chi connectivity index (χ3n) is 4.27. The van der Waals surface area contributed by atoms with Crippen LogP contribution in [0, 0.1) is 0 Å². The summed E-state index contributed by atoms with van der Waals surface area (Å²) < 4.78 is 10.6. The number of aromatic nitrogens is 2. The van der Waals surface area contributed by atoms with Gasteiger partial charge in [0, 0.05) is 45.5 Å². The quantitative estimate of drug-likeness (QED) is 0.870.